The summed E-state index contributed by atoms with van der Waals surface area (Å²) < 4.78 is 0. The predicted molar refractivity (Wildman–Crippen MR) is 85.3 cm³/mol. The van der Waals surface area contributed by atoms with Crippen LogP contribution in [0.4, 0.5) is 5.69 Å². The maximum atomic E-state index is 12.0. The van der Waals surface area contributed by atoms with Gasteiger partial charge in [0.2, 0.25) is 5.91 Å². The molecule has 0 aromatic heterocycles. The highest BCUT2D eigenvalue weighted by molar-refractivity contribution is 6.44. The molecule has 0 heterocycles. The summed E-state index contributed by atoms with van der Waals surface area (Å²) in [6.07, 6.45) is 0.166. The molecule has 104 valence electrons. The molecular formula is C14H9Cl4NO. The number of rotatable bonds is 3. The van der Waals surface area contributed by atoms with Crippen LogP contribution in [-0.4, -0.2) is 5.91 Å². The maximum absolute atomic E-state index is 12.0. The third-order valence-corrected chi connectivity index (χ3v) is 4.13. The molecule has 2 nitrogen and oxygen atoms in total. The Morgan fingerprint density at radius 2 is 1.70 bits per heavy atom. The van der Waals surface area contributed by atoms with Gasteiger partial charge in [-0.25, -0.2) is 0 Å². The molecule has 0 fully saturated rings. The Morgan fingerprint density at radius 3 is 2.40 bits per heavy atom. The molecule has 0 unspecified atom stereocenters. The Morgan fingerprint density at radius 1 is 0.950 bits per heavy atom. The number of hydrogen-bond acceptors (Lipinski definition) is 1. The first-order chi connectivity index (χ1) is 9.47. The second-order valence-electron chi connectivity index (χ2n) is 4.07. The van der Waals surface area contributed by atoms with E-state index in [1.165, 1.54) is 0 Å². The molecule has 2 aromatic rings. The van der Waals surface area contributed by atoms with E-state index in [1.54, 1.807) is 36.4 Å². The fraction of sp³-hybridized carbons (Fsp3) is 0.0714. The number of halogens is 4. The highest BCUT2D eigenvalue weighted by atomic mass is 35.5. The van der Waals surface area contributed by atoms with Gasteiger partial charge in [0.15, 0.2) is 0 Å². The zero-order valence-corrected chi connectivity index (χ0v) is 13.1. The van der Waals surface area contributed by atoms with Gasteiger partial charge in [0.25, 0.3) is 0 Å². The van der Waals surface area contributed by atoms with E-state index >= 15 is 0 Å². The lowest BCUT2D eigenvalue weighted by atomic mass is 10.1. The van der Waals surface area contributed by atoms with Crippen molar-refractivity contribution in [3.8, 4) is 0 Å². The van der Waals surface area contributed by atoms with E-state index in [-0.39, 0.29) is 12.3 Å². The third-order valence-electron chi connectivity index (χ3n) is 2.57. The van der Waals surface area contributed by atoms with E-state index in [1.807, 2.05) is 0 Å². The van der Waals surface area contributed by atoms with Crippen LogP contribution in [0.25, 0.3) is 0 Å². The van der Waals surface area contributed by atoms with Crippen LogP contribution in [0, 0.1) is 0 Å². The zero-order chi connectivity index (χ0) is 14.7. The van der Waals surface area contributed by atoms with E-state index in [0.717, 1.165) is 5.56 Å². The summed E-state index contributed by atoms with van der Waals surface area (Å²) in [4.78, 5) is 12.0. The molecule has 0 bridgehead atoms. The first-order valence-electron chi connectivity index (χ1n) is 5.65. The highest BCUT2D eigenvalue weighted by Gasteiger charge is 2.09. The Bertz CT molecular complexity index is 658. The summed E-state index contributed by atoms with van der Waals surface area (Å²) in [6, 6.07) is 10.1. The number of anilines is 1. The molecule has 6 heteroatoms. The van der Waals surface area contributed by atoms with Crippen LogP contribution < -0.4 is 5.32 Å². The highest BCUT2D eigenvalue weighted by Crippen LogP contribution is 2.29. The second kappa shape index (κ2) is 6.68. The monoisotopic (exact) mass is 347 g/mol. The van der Waals surface area contributed by atoms with Crippen molar-refractivity contribution < 1.29 is 4.79 Å². The number of benzene rings is 2. The number of carbonyl (C=O) groups is 1. The second-order valence-corrected chi connectivity index (χ2v) is 5.67. The zero-order valence-electron chi connectivity index (χ0n) is 10.1. The predicted octanol–water partition coefficient (Wildman–Crippen LogP) is 5.48. The first kappa shape index (κ1) is 15.5. The largest absolute Gasteiger partial charge is 0.324 e. The molecule has 1 N–H and O–H groups in total. The van der Waals surface area contributed by atoms with Gasteiger partial charge < -0.3 is 5.32 Å². The van der Waals surface area contributed by atoms with Gasteiger partial charge in [-0.1, -0.05) is 58.5 Å². The molecule has 2 aromatic carbocycles. The van der Waals surface area contributed by atoms with Gasteiger partial charge in [0, 0.05) is 0 Å². The van der Waals surface area contributed by atoms with E-state index in [2.05, 4.69) is 5.32 Å². The van der Waals surface area contributed by atoms with Crippen molar-refractivity contribution in [1.29, 1.82) is 0 Å². The Balaban J connectivity index is 2.09. The molecule has 0 atom stereocenters. The van der Waals surface area contributed by atoms with Crippen molar-refractivity contribution in [3.05, 3.63) is 62.1 Å². The van der Waals surface area contributed by atoms with Crippen LogP contribution in [0.15, 0.2) is 36.4 Å². The average Bonchev–Trinajstić information content (AvgIpc) is 2.39. The number of hydrogen-bond donors (Lipinski definition) is 1. The molecule has 0 saturated heterocycles. The Labute approximate surface area is 136 Å². The van der Waals surface area contributed by atoms with Crippen LogP contribution in [0.2, 0.25) is 20.1 Å². The SMILES string of the molecule is O=C(Cc1ccc(Cl)c(Cl)c1)Nc1cccc(Cl)c1Cl. The molecule has 0 aliphatic rings. The van der Waals surface area contributed by atoms with Gasteiger partial charge in [-0.05, 0) is 29.8 Å². The minimum absolute atomic E-state index is 0.166. The fourth-order valence-electron chi connectivity index (χ4n) is 1.63. The lowest BCUT2D eigenvalue weighted by molar-refractivity contribution is -0.115. The quantitative estimate of drug-likeness (QED) is 0.781. The molecule has 2 rings (SSSR count). The number of amides is 1. The van der Waals surface area contributed by atoms with Crippen molar-refractivity contribution in [2.75, 3.05) is 5.32 Å². The molecule has 0 aliphatic heterocycles. The van der Waals surface area contributed by atoms with Crippen molar-refractivity contribution in [2.24, 2.45) is 0 Å². The molecular weight excluding hydrogens is 340 g/mol. The topological polar surface area (TPSA) is 29.1 Å². The summed E-state index contributed by atoms with van der Waals surface area (Å²) in [5.41, 5.74) is 1.24. The summed E-state index contributed by atoms with van der Waals surface area (Å²) in [5, 5.41) is 4.27. The molecule has 0 spiro atoms. The third kappa shape index (κ3) is 3.80. The molecule has 1 amide bonds. The van der Waals surface area contributed by atoms with Crippen LogP contribution in [-0.2, 0) is 11.2 Å². The smallest absolute Gasteiger partial charge is 0.228 e. The number of nitrogens with one attached hydrogen (secondary N) is 1. The standard InChI is InChI=1S/C14H9Cl4NO/c15-9-5-4-8(6-11(9)17)7-13(20)19-12-3-1-2-10(16)14(12)18/h1-6H,7H2,(H,19,20). The van der Waals surface area contributed by atoms with Crippen molar-refractivity contribution >= 4 is 58.0 Å². The van der Waals surface area contributed by atoms with Crippen LogP contribution in [0.3, 0.4) is 0 Å². The molecule has 0 saturated carbocycles. The number of carbonyl (C=O) groups excluding carboxylic acids is 1. The van der Waals surface area contributed by atoms with Gasteiger partial charge in [-0.2, -0.15) is 0 Å². The first-order valence-corrected chi connectivity index (χ1v) is 7.16. The summed E-state index contributed by atoms with van der Waals surface area (Å²) in [7, 11) is 0. The van der Waals surface area contributed by atoms with Crippen molar-refractivity contribution in [3.63, 3.8) is 0 Å². The van der Waals surface area contributed by atoms with Crippen LogP contribution in [0.1, 0.15) is 5.56 Å². The van der Waals surface area contributed by atoms with Gasteiger partial charge in [-0.15, -0.1) is 0 Å². The molecule has 0 aliphatic carbocycles. The average molecular weight is 349 g/mol. The Hall–Kier alpha value is -0.930. The molecule has 20 heavy (non-hydrogen) atoms. The Kier molecular flexibility index (Phi) is 5.17. The normalized spacial score (nSPS) is 10.4. The minimum Gasteiger partial charge on any atom is -0.324 e. The van der Waals surface area contributed by atoms with Gasteiger partial charge in [0.05, 0.1) is 32.2 Å². The molecule has 0 radical (unpaired) electrons. The van der Waals surface area contributed by atoms with E-state index in [4.69, 9.17) is 46.4 Å². The minimum atomic E-state index is -0.215. The van der Waals surface area contributed by atoms with Crippen LogP contribution >= 0.6 is 46.4 Å². The fourth-order valence-corrected chi connectivity index (χ4v) is 2.30. The van der Waals surface area contributed by atoms with Gasteiger partial charge >= 0.3 is 0 Å². The summed E-state index contributed by atoms with van der Waals surface area (Å²) >= 11 is 23.6. The van der Waals surface area contributed by atoms with Crippen molar-refractivity contribution in [1.82, 2.24) is 0 Å². The lowest BCUT2D eigenvalue weighted by Crippen LogP contribution is -2.14. The summed E-state index contributed by atoms with van der Waals surface area (Å²) in [5.74, 6) is -0.215. The van der Waals surface area contributed by atoms with Crippen LogP contribution in [0.5, 0.6) is 0 Å². The van der Waals surface area contributed by atoms with E-state index < -0.39 is 0 Å². The lowest BCUT2D eigenvalue weighted by Gasteiger charge is -2.08. The van der Waals surface area contributed by atoms with E-state index in [9.17, 15) is 4.79 Å². The van der Waals surface area contributed by atoms with Gasteiger partial charge in [0.1, 0.15) is 0 Å². The summed E-state index contributed by atoms with van der Waals surface area (Å²) in [6.45, 7) is 0. The van der Waals surface area contributed by atoms with Gasteiger partial charge in [-0.3, -0.25) is 4.79 Å². The van der Waals surface area contributed by atoms with Crippen molar-refractivity contribution in [2.45, 2.75) is 6.42 Å². The van der Waals surface area contributed by atoms with E-state index in [0.29, 0.717) is 25.8 Å². The maximum Gasteiger partial charge on any atom is 0.228 e.